The molecule has 1 aliphatic heterocycles. The van der Waals surface area contributed by atoms with Crippen molar-refractivity contribution in [2.24, 2.45) is 22.9 Å². The van der Waals surface area contributed by atoms with Gasteiger partial charge in [0.2, 0.25) is 0 Å². The lowest BCUT2D eigenvalue weighted by Crippen LogP contribution is -2.31. The number of carbonyl (C=O) groups is 1. The van der Waals surface area contributed by atoms with E-state index >= 15 is 0 Å². The maximum absolute atomic E-state index is 12.0. The van der Waals surface area contributed by atoms with Crippen LogP contribution in [0, 0.1) is 17.8 Å². The maximum Gasteiger partial charge on any atom is 0.251 e. The fourth-order valence-corrected chi connectivity index (χ4v) is 1.95. The van der Waals surface area contributed by atoms with Crippen molar-refractivity contribution in [2.45, 2.75) is 41.0 Å². The van der Waals surface area contributed by atoms with Crippen LogP contribution in [0.1, 0.15) is 41.0 Å². The molecule has 3 heteroatoms. The molecule has 0 fully saturated rings. The molecule has 0 aromatic rings. The van der Waals surface area contributed by atoms with E-state index in [1.165, 1.54) is 0 Å². The minimum atomic E-state index is 0.0113. The van der Waals surface area contributed by atoms with Crippen LogP contribution in [0.2, 0.25) is 0 Å². The summed E-state index contributed by atoms with van der Waals surface area (Å²) in [6.07, 6.45) is 1.02. The number of hydrogen-bond donors (Lipinski definition) is 0. The van der Waals surface area contributed by atoms with Crippen LogP contribution < -0.4 is 0 Å². The highest BCUT2D eigenvalue weighted by atomic mass is 16.2. The van der Waals surface area contributed by atoms with Gasteiger partial charge in [0.15, 0.2) is 0 Å². The predicted octanol–water partition coefficient (Wildman–Crippen LogP) is 2.52. The normalized spacial score (nSPS) is 21.8. The van der Waals surface area contributed by atoms with E-state index in [0.717, 1.165) is 18.7 Å². The van der Waals surface area contributed by atoms with Crippen molar-refractivity contribution >= 4 is 11.6 Å². The van der Waals surface area contributed by atoms with Crippen LogP contribution in [0.5, 0.6) is 0 Å². The Labute approximate surface area is 92.5 Å². The first kappa shape index (κ1) is 12.2. The fourth-order valence-electron chi connectivity index (χ4n) is 1.95. The van der Waals surface area contributed by atoms with Crippen LogP contribution >= 0.6 is 0 Å². The van der Waals surface area contributed by atoms with Gasteiger partial charge in [0.25, 0.3) is 5.91 Å². The van der Waals surface area contributed by atoms with Gasteiger partial charge < -0.3 is 0 Å². The second kappa shape index (κ2) is 4.77. The van der Waals surface area contributed by atoms with Gasteiger partial charge in [-0.05, 0) is 25.2 Å². The number of rotatable bonds is 4. The van der Waals surface area contributed by atoms with Crippen molar-refractivity contribution in [2.75, 3.05) is 6.54 Å². The van der Waals surface area contributed by atoms with Crippen molar-refractivity contribution in [1.29, 1.82) is 0 Å². The molecule has 1 aliphatic rings. The molecule has 0 aromatic heterocycles. The highest BCUT2D eigenvalue weighted by Gasteiger charge is 2.35. The Bertz CT molecular complexity index is 269. The van der Waals surface area contributed by atoms with Gasteiger partial charge in [0, 0.05) is 12.3 Å². The molecule has 0 aliphatic carbocycles. The first-order valence-electron chi connectivity index (χ1n) is 5.80. The first-order chi connectivity index (χ1) is 6.93. The van der Waals surface area contributed by atoms with Gasteiger partial charge in [0.1, 0.15) is 0 Å². The summed E-state index contributed by atoms with van der Waals surface area (Å²) in [6.45, 7) is 11.2. The van der Waals surface area contributed by atoms with Crippen LogP contribution in [0.4, 0.5) is 0 Å². The molecule has 3 nitrogen and oxygen atoms in total. The van der Waals surface area contributed by atoms with Crippen LogP contribution in [0.15, 0.2) is 5.10 Å². The van der Waals surface area contributed by atoms with E-state index in [2.05, 4.69) is 32.8 Å². The monoisotopic (exact) mass is 210 g/mol. The van der Waals surface area contributed by atoms with Crippen LogP contribution in [-0.2, 0) is 4.79 Å². The van der Waals surface area contributed by atoms with Crippen molar-refractivity contribution in [3.8, 4) is 0 Å². The Hall–Kier alpha value is -0.860. The van der Waals surface area contributed by atoms with E-state index in [4.69, 9.17) is 0 Å². The van der Waals surface area contributed by atoms with Crippen LogP contribution in [0.3, 0.4) is 0 Å². The number of amides is 1. The molecule has 0 N–H and O–H groups in total. The minimum absolute atomic E-state index is 0.0113. The van der Waals surface area contributed by atoms with Crippen molar-refractivity contribution in [3.05, 3.63) is 0 Å². The van der Waals surface area contributed by atoms with E-state index in [0.29, 0.717) is 11.8 Å². The van der Waals surface area contributed by atoms with Crippen LogP contribution in [0.25, 0.3) is 0 Å². The lowest BCUT2D eigenvalue weighted by atomic mass is 9.92. The lowest BCUT2D eigenvalue weighted by molar-refractivity contribution is -0.132. The topological polar surface area (TPSA) is 32.7 Å². The van der Waals surface area contributed by atoms with Crippen molar-refractivity contribution in [3.63, 3.8) is 0 Å². The third-order valence-corrected chi connectivity index (χ3v) is 2.83. The summed E-state index contributed by atoms with van der Waals surface area (Å²) in [4.78, 5) is 12.0. The Morgan fingerprint density at radius 1 is 1.33 bits per heavy atom. The average Bonchev–Trinajstić information content (AvgIpc) is 2.37. The van der Waals surface area contributed by atoms with E-state index in [9.17, 15) is 4.79 Å². The van der Waals surface area contributed by atoms with Gasteiger partial charge >= 0.3 is 0 Å². The highest BCUT2D eigenvalue weighted by Crippen LogP contribution is 2.23. The Kier molecular flexibility index (Phi) is 3.89. The van der Waals surface area contributed by atoms with Gasteiger partial charge in [-0.2, -0.15) is 5.10 Å². The second-order valence-electron chi connectivity index (χ2n) is 5.11. The summed E-state index contributed by atoms with van der Waals surface area (Å²) in [6, 6.07) is 0. The summed E-state index contributed by atoms with van der Waals surface area (Å²) in [5, 5.41) is 6.00. The molecular weight excluding hydrogens is 188 g/mol. The summed E-state index contributed by atoms with van der Waals surface area (Å²) in [7, 11) is 0. The molecule has 1 atom stereocenters. The van der Waals surface area contributed by atoms with Gasteiger partial charge in [-0.25, -0.2) is 5.01 Å². The molecule has 1 rings (SSSR count). The molecule has 0 saturated heterocycles. The summed E-state index contributed by atoms with van der Waals surface area (Å²) >= 11 is 0. The van der Waals surface area contributed by atoms with Gasteiger partial charge in [-0.1, -0.05) is 27.7 Å². The molecular formula is C12H22N2O. The Morgan fingerprint density at radius 3 is 2.33 bits per heavy atom. The fraction of sp³-hybridized carbons (Fsp3) is 0.833. The predicted molar refractivity (Wildman–Crippen MR) is 62.6 cm³/mol. The zero-order valence-electron chi connectivity index (χ0n) is 10.4. The zero-order chi connectivity index (χ0) is 11.6. The second-order valence-corrected chi connectivity index (χ2v) is 5.11. The van der Waals surface area contributed by atoms with Gasteiger partial charge in [0.05, 0.1) is 5.92 Å². The summed E-state index contributed by atoms with van der Waals surface area (Å²) < 4.78 is 0. The average molecular weight is 210 g/mol. The molecule has 0 bridgehead atoms. The number of nitrogens with zero attached hydrogens (tertiary/aromatic N) is 2. The Balaban J connectivity index is 2.61. The summed E-state index contributed by atoms with van der Waals surface area (Å²) in [5.74, 6) is 1.16. The molecule has 1 amide bonds. The molecule has 86 valence electrons. The third kappa shape index (κ3) is 2.80. The van der Waals surface area contributed by atoms with Crippen molar-refractivity contribution in [1.82, 2.24) is 5.01 Å². The molecule has 1 heterocycles. The SMILES string of the molecule is CC1=NN(CCC(C)C)C(=O)C1C(C)C. The van der Waals surface area contributed by atoms with E-state index < -0.39 is 0 Å². The minimum Gasteiger partial charge on any atom is -0.272 e. The first-order valence-corrected chi connectivity index (χ1v) is 5.80. The zero-order valence-corrected chi connectivity index (χ0v) is 10.4. The quantitative estimate of drug-likeness (QED) is 0.701. The van der Waals surface area contributed by atoms with Crippen molar-refractivity contribution < 1.29 is 4.79 Å². The largest absolute Gasteiger partial charge is 0.272 e. The molecule has 1 unspecified atom stereocenters. The number of hydrogen-bond acceptors (Lipinski definition) is 2. The molecule has 0 radical (unpaired) electrons. The van der Waals surface area contributed by atoms with Gasteiger partial charge in [-0.3, -0.25) is 4.79 Å². The maximum atomic E-state index is 12.0. The Morgan fingerprint density at radius 2 is 1.93 bits per heavy atom. The molecule has 0 saturated carbocycles. The van der Waals surface area contributed by atoms with E-state index in [-0.39, 0.29) is 11.8 Å². The highest BCUT2D eigenvalue weighted by molar-refractivity contribution is 6.07. The number of hydrazone groups is 1. The third-order valence-electron chi connectivity index (χ3n) is 2.83. The smallest absolute Gasteiger partial charge is 0.251 e. The molecule has 0 aromatic carbocycles. The lowest BCUT2D eigenvalue weighted by Gasteiger charge is -2.17. The number of carbonyl (C=O) groups excluding carboxylic acids is 1. The molecule has 0 spiro atoms. The summed E-state index contributed by atoms with van der Waals surface area (Å²) in [5.41, 5.74) is 0.971. The van der Waals surface area contributed by atoms with E-state index in [1.807, 2.05) is 6.92 Å². The van der Waals surface area contributed by atoms with E-state index in [1.54, 1.807) is 5.01 Å². The standard InChI is InChI=1S/C12H22N2O/c1-8(2)6-7-14-12(15)11(9(3)4)10(5)13-14/h8-9,11H,6-7H2,1-5H3. The van der Waals surface area contributed by atoms with Crippen LogP contribution in [-0.4, -0.2) is 23.2 Å². The van der Waals surface area contributed by atoms with Gasteiger partial charge in [-0.15, -0.1) is 0 Å². The molecule has 15 heavy (non-hydrogen) atoms.